The minimum atomic E-state index is -0.133. The van der Waals surface area contributed by atoms with Crippen LogP contribution in [0.1, 0.15) is 27.7 Å². The summed E-state index contributed by atoms with van der Waals surface area (Å²) in [4.78, 5) is 22.3. The number of amides is 1. The molecule has 0 aromatic carbocycles. The number of aromatic amines is 2. The van der Waals surface area contributed by atoms with Crippen molar-refractivity contribution < 1.29 is 4.79 Å². The van der Waals surface area contributed by atoms with Gasteiger partial charge in [0, 0.05) is 28.5 Å². The van der Waals surface area contributed by atoms with E-state index < -0.39 is 0 Å². The number of H-pyrrole nitrogens is 2. The number of hydrogen-bond acceptors (Lipinski definition) is 3. The smallest absolute Gasteiger partial charge is 0.268 e. The molecule has 20 heavy (non-hydrogen) atoms. The lowest BCUT2D eigenvalue weighted by atomic mass is 9.94. The number of nitrogens with one attached hydrogen (secondary N) is 3. The van der Waals surface area contributed by atoms with Gasteiger partial charge in [0.05, 0.1) is 15.3 Å². The Hall–Kier alpha value is -0.800. The molecule has 9 heteroatoms. The third-order valence-electron chi connectivity index (χ3n) is 3.24. The summed E-state index contributed by atoms with van der Waals surface area (Å²) in [5.41, 5.74) is 7.93. The average Bonchev–Trinajstić information content (AvgIpc) is 2.91. The molecule has 2 unspecified atom stereocenters. The first kappa shape index (κ1) is 14.2. The molecule has 2 aromatic heterocycles. The molecule has 1 aliphatic rings. The SMILES string of the molecule is Nc1ncc(C2c3c([nH]c(Br)c3Br)C(=O)NCC2Br)[nH]1. The van der Waals surface area contributed by atoms with Crippen molar-refractivity contribution in [2.75, 3.05) is 12.3 Å². The number of rotatable bonds is 1. The van der Waals surface area contributed by atoms with Gasteiger partial charge in [0.2, 0.25) is 0 Å². The Bertz CT molecular complexity index is 680. The predicted octanol–water partition coefficient (Wildman–Crippen LogP) is 2.48. The van der Waals surface area contributed by atoms with Crippen LogP contribution in [0.2, 0.25) is 0 Å². The Balaban J connectivity index is 2.21. The molecule has 2 atom stereocenters. The molecule has 0 saturated heterocycles. The molecule has 0 spiro atoms. The van der Waals surface area contributed by atoms with Crippen LogP contribution < -0.4 is 11.1 Å². The van der Waals surface area contributed by atoms with Gasteiger partial charge in [0.1, 0.15) is 5.69 Å². The summed E-state index contributed by atoms with van der Waals surface area (Å²) in [5.74, 6) is 0.145. The normalized spacial score (nSPS) is 22.2. The van der Waals surface area contributed by atoms with E-state index in [2.05, 4.69) is 68.1 Å². The van der Waals surface area contributed by atoms with Gasteiger partial charge in [-0.15, -0.1) is 0 Å². The van der Waals surface area contributed by atoms with Crippen molar-refractivity contribution in [1.82, 2.24) is 20.3 Å². The maximum atomic E-state index is 12.1. The van der Waals surface area contributed by atoms with Gasteiger partial charge < -0.3 is 21.0 Å². The van der Waals surface area contributed by atoms with Gasteiger partial charge in [-0.25, -0.2) is 4.98 Å². The quantitative estimate of drug-likeness (QED) is 0.485. The topological polar surface area (TPSA) is 99.6 Å². The van der Waals surface area contributed by atoms with Crippen LogP contribution >= 0.6 is 47.8 Å². The summed E-state index contributed by atoms with van der Waals surface area (Å²) in [5, 5.41) is 2.87. The number of anilines is 1. The number of nitrogens with two attached hydrogens (primary N) is 1. The molecule has 1 amide bonds. The molecule has 3 heterocycles. The number of carbonyl (C=O) groups is 1. The molecular weight excluding hydrogens is 458 g/mol. The number of imidazole rings is 1. The Kier molecular flexibility index (Phi) is 3.67. The van der Waals surface area contributed by atoms with Gasteiger partial charge in [0.25, 0.3) is 5.91 Å². The van der Waals surface area contributed by atoms with E-state index in [1.807, 2.05) is 0 Å². The highest BCUT2D eigenvalue weighted by Gasteiger charge is 2.35. The van der Waals surface area contributed by atoms with Crippen LogP contribution in [-0.4, -0.2) is 32.2 Å². The summed E-state index contributed by atoms with van der Waals surface area (Å²) in [6.07, 6.45) is 1.70. The summed E-state index contributed by atoms with van der Waals surface area (Å²) in [6, 6.07) is 0. The molecule has 0 bridgehead atoms. The highest BCUT2D eigenvalue weighted by molar-refractivity contribution is 9.13. The van der Waals surface area contributed by atoms with Crippen molar-refractivity contribution in [2.45, 2.75) is 10.7 Å². The van der Waals surface area contributed by atoms with Crippen LogP contribution in [-0.2, 0) is 0 Å². The molecule has 0 aliphatic carbocycles. The van der Waals surface area contributed by atoms with E-state index >= 15 is 0 Å². The fourth-order valence-corrected chi connectivity index (χ4v) is 4.04. The van der Waals surface area contributed by atoms with Gasteiger partial charge in [0.15, 0.2) is 5.95 Å². The fourth-order valence-electron chi connectivity index (χ4n) is 2.37. The number of halogens is 3. The van der Waals surface area contributed by atoms with Crippen molar-refractivity contribution in [3.63, 3.8) is 0 Å². The summed E-state index contributed by atoms with van der Waals surface area (Å²) in [7, 11) is 0. The zero-order chi connectivity index (χ0) is 14.4. The van der Waals surface area contributed by atoms with Crippen molar-refractivity contribution in [3.8, 4) is 0 Å². The van der Waals surface area contributed by atoms with Crippen molar-refractivity contribution >= 4 is 59.6 Å². The monoisotopic (exact) mass is 465 g/mol. The largest absolute Gasteiger partial charge is 0.369 e. The second kappa shape index (κ2) is 5.19. The third kappa shape index (κ3) is 2.21. The predicted molar refractivity (Wildman–Crippen MR) is 86.1 cm³/mol. The Morgan fingerprint density at radius 3 is 2.75 bits per heavy atom. The molecular formula is C11H10Br3N5O. The van der Waals surface area contributed by atoms with Gasteiger partial charge in [-0.1, -0.05) is 15.9 Å². The second-order valence-corrected chi connectivity index (χ2v) is 7.23. The summed E-state index contributed by atoms with van der Waals surface area (Å²) < 4.78 is 1.56. The first-order valence-electron chi connectivity index (χ1n) is 5.78. The van der Waals surface area contributed by atoms with Gasteiger partial charge in [-0.2, -0.15) is 0 Å². The van der Waals surface area contributed by atoms with Crippen LogP contribution in [0.15, 0.2) is 15.3 Å². The van der Waals surface area contributed by atoms with Crippen LogP contribution in [0.5, 0.6) is 0 Å². The van der Waals surface area contributed by atoms with E-state index in [0.717, 1.165) is 20.3 Å². The number of nitrogens with zero attached hydrogens (tertiary/aromatic N) is 1. The zero-order valence-electron chi connectivity index (χ0n) is 10.0. The number of hydrogen-bond donors (Lipinski definition) is 4. The van der Waals surface area contributed by atoms with Crippen LogP contribution in [0.3, 0.4) is 0 Å². The summed E-state index contributed by atoms with van der Waals surface area (Å²) in [6.45, 7) is 0.509. The van der Waals surface area contributed by atoms with Crippen molar-refractivity contribution in [1.29, 1.82) is 0 Å². The number of aromatic nitrogens is 3. The molecule has 2 aromatic rings. The van der Waals surface area contributed by atoms with Gasteiger partial charge in [-0.05, 0) is 31.9 Å². The van der Waals surface area contributed by atoms with E-state index in [1.54, 1.807) is 6.20 Å². The first-order chi connectivity index (χ1) is 9.49. The van der Waals surface area contributed by atoms with Crippen LogP contribution in [0, 0.1) is 0 Å². The maximum Gasteiger partial charge on any atom is 0.268 e. The molecule has 0 fully saturated rings. The Morgan fingerprint density at radius 1 is 1.35 bits per heavy atom. The fraction of sp³-hybridized carbons (Fsp3) is 0.273. The molecule has 106 valence electrons. The zero-order valence-corrected chi connectivity index (χ0v) is 14.8. The van der Waals surface area contributed by atoms with Crippen LogP contribution in [0.4, 0.5) is 5.95 Å². The van der Waals surface area contributed by atoms with Crippen LogP contribution in [0.25, 0.3) is 0 Å². The van der Waals surface area contributed by atoms with Crippen molar-refractivity contribution in [3.05, 3.63) is 32.2 Å². The lowest BCUT2D eigenvalue weighted by Gasteiger charge is -2.19. The Labute approximate surface area is 139 Å². The highest BCUT2D eigenvalue weighted by atomic mass is 79.9. The maximum absolute atomic E-state index is 12.1. The second-order valence-electron chi connectivity index (χ2n) is 4.47. The lowest BCUT2D eigenvalue weighted by Crippen LogP contribution is -2.28. The number of fused-ring (bicyclic) bond motifs is 1. The number of nitrogen functional groups attached to an aromatic ring is 1. The summed E-state index contributed by atoms with van der Waals surface area (Å²) >= 11 is 10.6. The van der Waals surface area contributed by atoms with E-state index in [-0.39, 0.29) is 16.7 Å². The van der Waals surface area contributed by atoms with E-state index in [0.29, 0.717) is 18.2 Å². The minimum Gasteiger partial charge on any atom is -0.369 e. The van der Waals surface area contributed by atoms with E-state index in [1.165, 1.54) is 0 Å². The van der Waals surface area contributed by atoms with Gasteiger partial charge >= 0.3 is 0 Å². The molecule has 3 rings (SSSR count). The van der Waals surface area contributed by atoms with E-state index in [9.17, 15) is 4.79 Å². The highest BCUT2D eigenvalue weighted by Crippen LogP contribution is 2.42. The molecule has 0 saturated carbocycles. The number of carbonyl (C=O) groups excluding carboxylic acids is 1. The van der Waals surface area contributed by atoms with Crippen molar-refractivity contribution in [2.24, 2.45) is 0 Å². The molecule has 5 N–H and O–H groups in total. The Morgan fingerprint density at radius 2 is 2.10 bits per heavy atom. The van der Waals surface area contributed by atoms with E-state index in [4.69, 9.17) is 5.73 Å². The standard InChI is InChI=1S/C11H10Br3N5O/c12-3-1-16-10(20)8-6(7(13)9(14)19-8)5(3)4-2-17-11(15)18-4/h2-3,5,19H,1H2,(H,16,20)(H3,15,17,18). The average molecular weight is 468 g/mol. The minimum absolute atomic E-state index is 0.0200. The molecule has 6 nitrogen and oxygen atoms in total. The lowest BCUT2D eigenvalue weighted by molar-refractivity contribution is 0.0952. The molecule has 0 radical (unpaired) electrons. The number of alkyl halides is 1. The molecule has 1 aliphatic heterocycles. The van der Waals surface area contributed by atoms with Gasteiger partial charge in [-0.3, -0.25) is 4.79 Å². The first-order valence-corrected chi connectivity index (χ1v) is 8.28. The third-order valence-corrected chi connectivity index (χ3v) is 6.04.